The molecule has 0 atom stereocenters. The number of hydrogen-bond acceptors (Lipinski definition) is 0. The summed E-state index contributed by atoms with van der Waals surface area (Å²) >= 11 is 0. The van der Waals surface area contributed by atoms with E-state index in [9.17, 15) is 13.2 Å². The van der Waals surface area contributed by atoms with Crippen molar-refractivity contribution in [1.29, 1.82) is 0 Å². The fourth-order valence-electron chi connectivity index (χ4n) is 1.18. The molecule has 0 heterocycles. The van der Waals surface area contributed by atoms with Gasteiger partial charge in [-0.15, -0.1) is 0 Å². The molecule has 0 N–H and O–H groups in total. The van der Waals surface area contributed by atoms with Gasteiger partial charge in [-0.05, 0) is 31.0 Å². The van der Waals surface area contributed by atoms with Gasteiger partial charge < -0.3 is 0 Å². The minimum atomic E-state index is -4.26. The Balaban J connectivity index is 3.31. The van der Waals surface area contributed by atoms with Crippen LogP contribution in [0.1, 0.15) is 16.7 Å². The molecule has 0 aromatic heterocycles. The quantitative estimate of drug-likeness (QED) is 0.565. The topological polar surface area (TPSA) is 0 Å². The Hall–Kier alpha value is -0.990. The van der Waals surface area contributed by atoms with Crippen molar-refractivity contribution in [2.24, 2.45) is 0 Å². The summed E-state index contributed by atoms with van der Waals surface area (Å²) in [5, 5.41) is 0. The Morgan fingerprint density at radius 3 is 2.17 bits per heavy atom. The molecule has 0 fully saturated rings. The van der Waals surface area contributed by atoms with E-state index in [1.54, 1.807) is 0 Å². The third-order valence-electron chi connectivity index (χ3n) is 1.69. The summed E-state index contributed by atoms with van der Waals surface area (Å²) in [5.74, 6) is 0. The van der Waals surface area contributed by atoms with E-state index in [-0.39, 0.29) is 11.1 Å². The van der Waals surface area contributed by atoms with Crippen molar-refractivity contribution in [3.8, 4) is 0 Å². The van der Waals surface area contributed by atoms with Crippen LogP contribution >= 0.6 is 0 Å². The Morgan fingerprint density at radius 2 is 1.83 bits per heavy atom. The van der Waals surface area contributed by atoms with Gasteiger partial charge in [-0.3, -0.25) is 0 Å². The molecule has 0 aliphatic rings. The van der Waals surface area contributed by atoms with Crippen LogP contribution in [0.2, 0.25) is 0 Å². The van der Waals surface area contributed by atoms with Gasteiger partial charge >= 0.3 is 6.18 Å². The van der Waals surface area contributed by atoms with E-state index in [1.807, 2.05) is 0 Å². The summed E-state index contributed by atoms with van der Waals surface area (Å²) < 4.78 is 36.9. The number of hydrogen-bond donors (Lipinski definition) is 0. The molecule has 1 radical (unpaired) electrons. The normalized spacial score (nSPS) is 11.8. The molecule has 0 unspecified atom stereocenters. The highest BCUT2D eigenvalue weighted by molar-refractivity contribution is 5.34. The standard InChI is InChI=1S/C9H8F3/c1-6-4-3-5-7(2)8(6)9(10,11)12/h3-4H,1-2H3. The zero-order valence-corrected chi connectivity index (χ0v) is 6.79. The van der Waals surface area contributed by atoms with Crippen molar-refractivity contribution in [1.82, 2.24) is 0 Å². The van der Waals surface area contributed by atoms with Crippen molar-refractivity contribution >= 4 is 0 Å². The van der Waals surface area contributed by atoms with Crippen molar-refractivity contribution in [3.05, 3.63) is 34.9 Å². The van der Waals surface area contributed by atoms with E-state index in [4.69, 9.17) is 0 Å². The van der Waals surface area contributed by atoms with Crippen LogP contribution in [-0.4, -0.2) is 0 Å². The highest BCUT2D eigenvalue weighted by atomic mass is 19.4. The van der Waals surface area contributed by atoms with Crippen LogP contribution < -0.4 is 0 Å². The number of benzene rings is 1. The molecule has 0 bridgehead atoms. The summed E-state index contributed by atoms with van der Waals surface area (Å²) in [6, 6.07) is 5.44. The fourth-order valence-corrected chi connectivity index (χ4v) is 1.18. The van der Waals surface area contributed by atoms with Crippen LogP contribution in [-0.2, 0) is 6.18 Å². The number of halogens is 3. The first-order valence-electron chi connectivity index (χ1n) is 3.48. The summed E-state index contributed by atoms with van der Waals surface area (Å²) in [5.41, 5.74) is -0.161. The molecule has 0 aliphatic carbocycles. The van der Waals surface area contributed by atoms with Gasteiger partial charge in [0.05, 0.1) is 5.56 Å². The largest absolute Gasteiger partial charge is 0.416 e. The van der Waals surface area contributed by atoms with E-state index >= 15 is 0 Å². The lowest BCUT2D eigenvalue weighted by Crippen LogP contribution is -2.09. The molecule has 1 aromatic carbocycles. The first-order chi connectivity index (χ1) is 5.43. The van der Waals surface area contributed by atoms with Gasteiger partial charge in [0.25, 0.3) is 0 Å². The first-order valence-corrected chi connectivity index (χ1v) is 3.48. The van der Waals surface area contributed by atoms with E-state index in [2.05, 4.69) is 6.07 Å². The maximum Gasteiger partial charge on any atom is 0.416 e. The van der Waals surface area contributed by atoms with Crippen molar-refractivity contribution in [2.75, 3.05) is 0 Å². The second-order valence-electron chi connectivity index (χ2n) is 2.66. The molecular formula is C9H8F3. The Kier molecular flexibility index (Phi) is 2.13. The number of aryl methyl sites for hydroxylation is 2. The maximum absolute atomic E-state index is 12.3. The zero-order valence-electron chi connectivity index (χ0n) is 6.79. The zero-order chi connectivity index (χ0) is 9.35. The van der Waals surface area contributed by atoms with E-state index in [1.165, 1.54) is 26.0 Å². The van der Waals surface area contributed by atoms with Gasteiger partial charge in [0.1, 0.15) is 0 Å². The lowest BCUT2D eigenvalue weighted by molar-refractivity contribution is -0.138. The van der Waals surface area contributed by atoms with Gasteiger partial charge in [-0.2, -0.15) is 13.2 Å². The summed E-state index contributed by atoms with van der Waals surface area (Å²) in [6.45, 7) is 2.86. The molecule has 0 saturated carbocycles. The SMILES string of the molecule is Cc1[c]ccc(C)c1C(F)(F)F. The van der Waals surface area contributed by atoms with Gasteiger partial charge in [0.15, 0.2) is 0 Å². The lowest BCUT2D eigenvalue weighted by Gasteiger charge is -2.12. The van der Waals surface area contributed by atoms with E-state index in [0.29, 0.717) is 0 Å². The highest BCUT2D eigenvalue weighted by Gasteiger charge is 2.33. The van der Waals surface area contributed by atoms with Gasteiger partial charge in [-0.1, -0.05) is 12.1 Å². The van der Waals surface area contributed by atoms with Crippen molar-refractivity contribution in [3.63, 3.8) is 0 Å². The highest BCUT2D eigenvalue weighted by Crippen LogP contribution is 2.33. The van der Waals surface area contributed by atoms with Gasteiger partial charge in [0, 0.05) is 0 Å². The van der Waals surface area contributed by atoms with Crippen LogP contribution in [0.5, 0.6) is 0 Å². The average Bonchev–Trinajstić information content (AvgIpc) is 1.82. The molecule has 1 rings (SSSR count). The van der Waals surface area contributed by atoms with E-state index in [0.717, 1.165) is 0 Å². The van der Waals surface area contributed by atoms with Crippen molar-refractivity contribution in [2.45, 2.75) is 20.0 Å². The molecule has 0 saturated heterocycles. The van der Waals surface area contributed by atoms with Gasteiger partial charge in [0.2, 0.25) is 0 Å². The predicted molar refractivity (Wildman–Crippen MR) is 39.8 cm³/mol. The maximum atomic E-state index is 12.3. The fraction of sp³-hybridized carbons (Fsp3) is 0.333. The Morgan fingerprint density at radius 1 is 1.25 bits per heavy atom. The molecule has 0 amide bonds. The third kappa shape index (κ3) is 1.60. The molecule has 0 spiro atoms. The minimum absolute atomic E-state index is 0.155. The van der Waals surface area contributed by atoms with E-state index < -0.39 is 11.7 Å². The van der Waals surface area contributed by atoms with Crippen LogP contribution in [0.3, 0.4) is 0 Å². The summed E-state index contributed by atoms with van der Waals surface area (Å²) in [6.07, 6.45) is -4.26. The summed E-state index contributed by atoms with van der Waals surface area (Å²) in [7, 11) is 0. The molecule has 0 nitrogen and oxygen atoms in total. The first kappa shape index (κ1) is 9.10. The second kappa shape index (κ2) is 2.81. The molecule has 1 aromatic rings. The number of alkyl halides is 3. The Bertz CT molecular complexity index is 266. The van der Waals surface area contributed by atoms with Crippen molar-refractivity contribution < 1.29 is 13.2 Å². The monoisotopic (exact) mass is 173 g/mol. The lowest BCUT2D eigenvalue weighted by atomic mass is 10.0. The molecule has 0 aliphatic heterocycles. The summed E-state index contributed by atoms with van der Waals surface area (Å²) in [4.78, 5) is 0. The molecule has 12 heavy (non-hydrogen) atoms. The predicted octanol–water partition coefficient (Wildman–Crippen LogP) is 3.12. The van der Waals surface area contributed by atoms with Crippen LogP contribution in [0.15, 0.2) is 12.1 Å². The van der Waals surface area contributed by atoms with Crippen LogP contribution in [0, 0.1) is 19.9 Å². The minimum Gasteiger partial charge on any atom is -0.166 e. The molecule has 65 valence electrons. The third-order valence-corrected chi connectivity index (χ3v) is 1.69. The molecular weight excluding hydrogens is 165 g/mol. The van der Waals surface area contributed by atoms with Crippen LogP contribution in [0.25, 0.3) is 0 Å². The van der Waals surface area contributed by atoms with Crippen LogP contribution in [0.4, 0.5) is 13.2 Å². The molecule has 3 heteroatoms. The average molecular weight is 173 g/mol. The van der Waals surface area contributed by atoms with Gasteiger partial charge in [-0.25, -0.2) is 0 Å². The second-order valence-corrected chi connectivity index (χ2v) is 2.66. The number of rotatable bonds is 0. The smallest absolute Gasteiger partial charge is 0.166 e. The Labute approximate surface area is 69.0 Å².